The predicted octanol–water partition coefficient (Wildman–Crippen LogP) is 3.84. The number of nitrogens with zero attached hydrogens (tertiary/aromatic N) is 6. The summed E-state index contributed by atoms with van der Waals surface area (Å²) in [6, 6.07) is 4.90. The number of amides is 3. The zero-order valence-electron chi connectivity index (χ0n) is 27.5. The highest BCUT2D eigenvalue weighted by atomic mass is 19.4. The van der Waals surface area contributed by atoms with E-state index in [0.29, 0.717) is 39.0 Å². The fourth-order valence-electron chi connectivity index (χ4n) is 6.51. The Morgan fingerprint density at radius 2 is 1.94 bits per heavy atom. The monoisotopic (exact) mass is 661 g/mol. The molecule has 1 aromatic carbocycles. The number of nitrogens with one attached hydrogen (secondary N) is 1. The van der Waals surface area contributed by atoms with E-state index in [0.717, 1.165) is 30.1 Å². The van der Waals surface area contributed by atoms with Crippen molar-refractivity contribution in [2.24, 2.45) is 0 Å². The fraction of sp³-hybridized carbons (Fsp3) is 0.515. The number of piperazine rings is 1. The minimum Gasteiger partial charge on any atom is -0.369 e. The maximum absolute atomic E-state index is 15.5. The van der Waals surface area contributed by atoms with E-state index < -0.39 is 29.5 Å². The molecule has 2 fully saturated rings. The van der Waals surface area contributed by atoms with Crippen LogP contribution in [0.4, 0.5) is 34.8 Å². The van der Waals surface area contributed by atoms with Crippen molar-refractivity contribution in [2.45, 2.75) is 57.4 Å². The van der Waals surface area contributed by atoms with Crippen molar-refractivity contribution >= 4 is 35.4 Å². The van der Waals surface area contributed by atoms with E-state index in [1.54, 1.807) is 29.8 Å². The number of halogens is 4. The van der Waals surface area contributed by atoms with Gasteiger partial charge in [0.1, 0.15) is 17.7 Å². The Morgan fingerprint density at radius 1 is 1.23 bits per heavy atom. The molecule has 14 heteroatoms. The lowest BCUT2D eigenvalue weighted by Gasteiger charge is -2.58. The van der Waals surface area contributed by atoms with Gasteiger partial charge in [-0.1, -0.05) is 26.0 Å². The third-order valence-corrected chi connectivity index (χ3v) is 9.25. The van der Waals surface area contributed by atoms with Gasteiger partial charge in [0.05, 0.1) is 22.5 Å². The summed E-state index contributed by atoms with van der Waals surface area (Å²) in [4.78, 5) is 50.4. The second-order valence-electron chi connectivity index (χ2n) is 12.3. The lowest BCUT2D eigenvalue weighted by atomic mass is 9.80. The normalized spacial score (nSPS) is 18.3. The Balaban J connectivity index is 1.54. The van der Waals surface area contributed by atoms with Gasteiger partial charge in [-0.2, -0.15) is 13.2 Å². The van der Waals surface area contributed by atoms with Gasteiger partial charge in [-0.25, -0.2) is 9.37 Å². The molecular formula is C33H43F4N7O3. The minimum atomic E-state index is -4.68. The smallest absolute Gasteiger partial charge is 0.369 e. The summed E-state index contributed by atoms with van der Waals surface area (Å²) in [5.41, 5.74) is -0.761. The second-order valence-corrected chi connectivity index (χ2v) is 12.3. The van der Waals surface area contributed by atoms with Crippen molar-refractivity contribution in [2.75, 3.05) is 68.1 Å². The highest BCUT2D eigenvalue weighted by Gasteiger charge is 2.51. The standard InChI is InChI=1S/C33H43F4N7O3/c1-7-10-27(44(21-45)28-18-24(33(35,36)37)17-22(3)39-28)31(47)41(6)26-12-9-11-25(34)30(26)40(5)15-16-42-14-13-38-32(23(42)4)19-43(20-32)29(46)8-2/h8-9,11-12,17-18,21,23,27,38H,2,7,10,13-16,19-20H2,1,3-6H3. The number of pyridine rings is 1. The van der Waals surface area contributed by atoms with Crippen LogP contribution in [-0.2, 0) is 20.6 Å². The van der Waals surface area contributed by atoms with E-state index in [1.807, 2.05) is 0 Å². The number of carbonyl (C=O) groups is 3. The molecule has 3 amide bonds. The Morgan fingerprint density at radius 3 is 2.55 bits per heavy atom. The SMILES string of the molecule is C=CC(=O)N1CC2(C1)NCCN(CCN(C)c1c(F)cccc1N(C)C(=O)C(CCC)N(C=O)c1cc(C(F)(F)F)cc(C)n1)C2C. The maximum Gasteiger partial charge on any atom is 0.416 e. The van der Waals surface area contributed by atoms with Gasteiger partial charge in [-0.3, -0.25) is 24.2 Å². The van der Waals surface area contributed by atoms with Crippen molar-refractivity contribution in [1.82, 2.24) is 20.1 Å². The Labute approximate surface area is 273 Å². The van der Waals surface area contributed by atoms with Gasteiger partial charge in [0.2, 0.25) is 18.2 Å². The largest absolute Gasteiger partial charge is 0.416 e. The summed E-state index contributed by atoms with van der Waals surface area (Å²) in [5.74, 6) is -1.56. The van der Waals surface area contributed by atoms with E-state index in [4.69, 9.17) is 0 Å². The summed E-state index contributed by atoms with van der Waals surface area (Å²) in [6.07, 6.45) is -2.48. The molecule has 0 saturated carbocycles. The van der Waals surface area contributed by atoms with Crippen LogP contribution in [0.5, 0.6) is 0 Å². The summed E-state index contributed by atoms with van der Waals surface area (Å²) in [5, 5.41) is 3.57. The molecule has 0 bridgehead atoms. The molecule has 10 nitrogen and oxygen atoms in total. The topological polar surface area (TPSA) is 92.3 Å². The third kappa shape index (κ3) is 7.43. The first-order valence-electron chi connectivity index (χ1n) is 15.6. The van der Waals surface area contributed by atoms with Gasteiger partial charge in [0.15, 0.2) is 0 Å². The average Bonchev–Trinajstić information content (AvgIpc) is 3.01. The second kappa shape index (κ2) is 14.4. The van der Waals surface area contributed by atoms with E-state index in [1.165, 1.54) is 37.1 Å². The zero-order valence-corrected chi connectivity index (χ0v) is 27.5. The summed E-state index contributed by atoms with van der Waals surface area (Å²) < 4.78 is 56.2. The number of alkyl halides is 3. The molecule has 2 saturated heterocycles. The first-order chi connectivity index (χ1) is 22.2. The highest BCUT2D eigenvalue weighted by molar-refractivity contribution is 6.03. The van der Waals surface area contributed by atoms with Gasteiger partial charge in [0, 0.05) is 65.1 Å². The van der Waals surface area contributed by atoms with E-state index >= 15 is 4.39 Å². The highest BCUT2D eigenvalue weighted by Crippen LogP contribution is 2.35. The van der Waals surface area contributed by atoms with Crippen LogP contribution in [0.2, 0.25) is 0 Å². The molecule has 1 N–H and O–H groups in total. The molecule has 0 radical (unpaired) electrons. The lowest BCUT2D eigenvalue weighted by Crippen LogP contribution is -2.80. The molecule has 3 heterocycles. The van der Waals surface area contributed by atoms with Gasteiger partial charge in [-0.15, -0.1) is 0 Å². The molecular weight excluding hydrogens is 618 g/mol. The van der Waals surface area contributed by atoms with Crippen LogP contribution in [-0.4, -0.2) is 104 Å². The third-order valence-electron chi connectivity index (χ3n) is 9.25. The number of aryl methyl sites for hydroxylation is 1. The van der Waals surface area contributed by atoms with Crippen LogP contribution in [0.15, 0.2) is 43.0 Å². The number of carbonyl (C=O) groups excluding carboxylic acids is 3. The molecule has 4 rings (SSSR count). The van der Waals surface area contributed by atoms with Crippen LogP contribution in [0, 0.1) is 12.7 Å². The number of benzene rings is 1. The molecule has 1 aromatic heterocycles. The first kappa shape index (κ1) is 35.8. The maximum atomic E-state index is 15.5. The Bertz CT molecular complexity index is 1480. The summed E-state index contributed by atoms with van der Waals surface area (Å²) >= 11 is 0. The number of likely N-dealkylation sites (tertiary alicyclic amines) is 1. The van der Waals surface area contributed by atoms with Crippen LogP contribution >= 0.6 is 0 Å². The summed E-state index contributed by atoms with van der Waals surface area (Å²) in [7, 11) is 3.19. The predicted molar refractivity (Wildman–Crippen MR) is 173 cm³/mol. The fourth-order valence-corrected chi connectivity index (χ4v) is 6.51. The van der Waals surface area contributed by atoms with Crippen molar-refractivity contribution < 1.29 is 31.9 Å². The number of para-hydroxylation sites is 1. The van der Waals surface area contributed by atoms with Crippen molar-refractivity contribution in [3.05, 3.63) is 60.1 Å². The molecule has 2 aliphatic heterocycles. The van der Waals surface area contributed by atoms with E-state index in [2.05, 4.69) is 28.7 Å². The Kier molecular flexibility index (Phi) is 11.0. The molecule has 1 spiro atoms. The molecule has 2 atom stereocenters. The van der Waals surface area contributed by atoms with Gasteiger partial charge >= 0.3 is 6.18 Å². The number of anilines is 3. The number of hydrogen-bond acceptors (Lipinski definition) is 7. The molecule has 0 aliphatic carbocycles. The molecule has 2 unspecified atom stereocenters. The Hall–Kier alpha value is -4.04. The summed E-state index contributed by atoms with van der Waals surface area (Å²) in [6.45, 7) is 12.5. The molecule has 2 aliphatic rings. The van der Waals surface area contributed by atoms with E-state index in [-0.39, 0.29) is 46.8 Å². The number of likely N-dealkylation sites (N-methyl/N-ethyl adjacent to an activating group) is 2. The van der Waals surface area contributed by atoms with Gasteiger partial charge in [-0.05, 0) is 50.6 Å². The van der Waals surface area contributed by atoms with Crippen molar-refractivity contribution in [3.63, 3.8) is 0 Å². The first-order valence-corrected chi connectivity index (χ1v) is 15.6. The molecule has 256 valence electrons. The molecule has 47 heavy (non-hydrogen) atoms. The van der Waals surface area contributed by atoms with Crippen molar-refractivity contribution in [1.29, 1.82) is 0 Å². The van der Waals surface area contributed by atoms with Gasteiger partial charge < -0.3 is 20.0 Å². The van der Waals surface area contributed by atoms with Crippen LogP contribution in [0.25, 0.3) is 0 Å². The number of hydrogen-bond donors (Lipinski definition) is 1. The number of aromatic nitrogens is 1. The van der Waals surface area contributed by atoms with E-state index in [9.17, 15) is 27.6 Å². The number of rotatable bonds is 12. The van der Waals surface area contributed by atoms with Crippen molar-refractivity contribution in [3.8, 4) is 0 Å². The van der Waals surface area contributed by atoms with Crippen LogP contribution in [0.1, 0.15) is 37.9 Å². The molecule has 2 aromatic rings. The van der Waals surface area contributed by atoms with Crippen LogP contribution < -0.4 is 20.0 Å². The minimum absolute atomic E-state index is 0.0383. The quantitative estimate of drug-likeness (QED) is 0.210. The lowest BCUT2D eigenvalue weighted by molar-refractivity contribution is -0.139. The zero-order chi connectivity index (χ0) is 34.7. The average molecular weight is 662 g/mol. The van der Waals surface area contributed by atoms with Crippen LogP contribution in [0.3, 0.4) is 0 Å². The van der Waals surface area contributed by atoms with Gasteiger partial charge in [0.25, 0.3) is 0 Å².